The number of urea groups is 1. The van der Waals surface area contributed by atoms with E-state index in [1.165, 1.54) is 0 Å². The summed E-state index contributed by atoms with van der Waals surface area (Å²) < 4.78 is 1.84. The highest BCUT2D eigenvalue weighted by atomic mass is 16.2. The van der Waals surface area contributed by atoms with E-state index in [0.717, 1.165) is 24.1 Å². The second kappa shape index (κ2) is 7.47. The fourth-order valence-corrected chi connectivity index (χ4v) is 1.91. The van der Waals surface area contributed by atoms with Crippen molar-refractivity contribution in [3.63, 3.8) is 0 Å². The highest BCUT2D eigenvalue weighted by Gasteiger charge is 2.05. The van der Waals surface area contributed by atoms with Crippen LogP contribution in [0.3, 0.4) is 0 Å². The summed E-state index contributed by atoms with van der Waals surface area (Å²) in [5, 5.41) is 10.1. The first kappa shape index (κ1) is 15.1. The van der Waals surface area contributed by atoms with Gasteiger partial charge in [0.25, 0.3) is 0 Å². The van der Waals surface area contributed by atoms with Gasteiger partial charge in [-0.25, -0.2) is 9.48 Å². The van der Waals surface area contributed by atoms with Gasteiger partial charge in [-0.2, -0.15) is 5.10 Å². The summed E-state index contributed by atoms with van der Waals surface area (Å²) in [5.41, 5.74) is 2.13. The van der Waals surface area contributed by atoms with Crippen molar-refractivity contribution >= 4 is 6.03 Å². The van der Waals surface area contributed by atoms with Crippen LogP contribution in [0.2, 0.25) is 0 Å². The molecule has 0 saturated carbocycles. The van der Waals surface area contributed by atoms with E-state index >= 15 is 0 Å². The van der Waals surface area contributed by atoms with Gasteiger partial charge in [0.15, 0.2) is 0 Å². The summed E-state index contributed by atoms with van der Waals surface area (Å²) in [4.78, 5) is 11.6. The molecule has 1 aromatic heterocycles. The molecule has 2 N–H and O–H groups in total. The normalized spacial score (nSPS) is 11.9. The van der Waals surface area contributed by atoms with Gasteiger partial charge in [-0.1, -0.05) is 25.1 Å². The molecule has 0 bridgehead atoms. The molecular formula is C16H22N4O. The number of rotatable bonds is 6. The topological polar surface area (TPSA) is 59.0 Å². The Kier molecular flexibility index (Phi) is 5.37. The van der Waals surface area contributed by atoms with E-state index in [9.17, 15) is 4.79 Å². The van der Waals surface area contributed by atoms with Crippen molar-refractivity contribution in [2.24, 2.45) is 0 Å². The third-order valence-electron chi connectivity index (χ3n) is 3.35. The minimum absolute atomic E-state index is 0.111. The van der Waals surface area contributed by atoms with Crippen molar-refractivity contribution in [3.05, 3.63) is 48.3 Å². The van der Waals surface area contributed by atoms with Crippen LogP contribution >= 0.6 is 0 Å². The Morgan fingerprint density at radius 1 is 1.33 bits per heavy atom. The van der Waals surface area contributed by atoms with E-state index < -0.39 is 0 Å². The molecule has 0 aliphatic rings. The van der Waals surface area contributed by atoms with E-state index in [0.29, 0.717) is 6.54 Å². The number of amides is 2. The second-order valence-electron chi connectivity index (χ2n) is 5.09. The summed E-state index contributed by atoms with van der Waals surface area (Å²) in [6.45, 7) is 4.63. The fourth-order valence-electron chi connectivity index (χ4n) is 1.91. The van der Waals surface area contributed by atoms with Gasteiger partial charge in [0.2, 0.25) is 0 Å². The Morgan fingerprint density at radius 2 is 2.10 bits per heavy atom. The highest BCUT2D eigenvalue weighted by Crippen LogP contribution is 2.07. The molecule has 5 nitrogen and oxygen atoms in total. The molecule has 0 aliphatic heterocycles. The van der Waals surface area contributed by atoms with Crippen LogP contribution in [0.4, 0.5) is 4.79 Å². The summed E-state index contributed by atoms with van der Waals surface area (Å²) in [6, 6.07) is 10.1. The maximum atomic E-state index is 11.6. The molecule has 2 amide bonds. The molecule has 2 rings (SSSR count). The molecule has 0 aliphatic carbocycles. The molecule has 21 heavy (non-hydrogen) atoms. The van der Waals surface area contributed by atoms with Crippen molar-refractivity contribution in [1.82, 2.24) is 20.4 Å². The summed E-state index contributed by atoms with van der Waals surface area (Å²) in [5.74, 6) is 0. The third kappa shape index (κ3) is 4.63. The number of aromatic nitrogens is 2. The fraction of sp³-hybridized carbons (Fsp3) is 0.375. The van der Waals surface area contributed by atoms with Crippen LogP contribution in [0.1, 0.15) is 25.8 Å². The Hall–Kier alpha value is -2.30. The molecule has 1 heterocycles. The first-order chi connectivity index (χ1) is 10.2. The van der Waals surface area contributed by atoms with Gasteiger partial charge in [-0.15, -0.1) is 0 Å². The van der Waals surface area contributed by atoms with Crippen molar-refractivity contribution in [1.29, 1.82) is 0 Å². The van der Waals surface area contributed by atoms with Crippen LogP contribution in [-0.2, 0) is 6.42 Å². The number of nitrogens with one attached hydrogen (secondary N) is 2. The van der Waals surface area contributed by atoms with Crippen LogP contribution in [0, 0.1) is 0 Å². The molecule has 0 radical (unpaired) electrons. The van der Waals surface area contributed by atoms with Gasteiger partial charge in [-0.05, 0) is 37.5 Å². The number of hydrogen-bond donors (Lipinski definition) is 2. The van der Waals surface area contributed by atoms with Crippen LogP contribution in [0.5, 0.6) is 0 Å². The molecule has 0 fully saturated rings. The molecule has 112 valence electrons. The predicted octanol–water partition coefficient (Wildman–Crippen LogP) is 2.51. The summed E-state index contributed by atoms with van der Waals surface area (Å²) in [6.07, 6.45) is 5.52. The lowest BCUT2D eigenvalue weighted by molar-refractivity contribution is 0.237. The van der Waals surface area contributed by atoms with E-state index in [1.807, 2.05) is 61.3 Å². The van der Waals surface area contributed by atoms with E-state index in [2.05, 4.69) is 15.7 Å². The molecule has 1 unspecified atom stereocenters. The Bertz CT molecular complexity index is 565. The molecular weight excluding hydrogens is 264 g/mol. The Morgan fingerprint density at radius 3 is 2.81 bits per heavy atom. The second-order valence-corrected chi connectivity index (χ2v) is 5.09. The van der Waals surface area contributed by atoms with Gasteiger partial charge < -0.3 is 10.6 Å². The number of carbonyl (C=O) groups excluding carboxylic acids is 1. The summed E-state index contributed by atoms with van der Waals surface area (Å²) >= 11 is 0. The van der Waals surface area contributed by atoms with Gasteiger partial charge in [0, 0.05) is 18.8 Å². The van der Waals surface area contributed by atoms with E-state index in [-0.39, 0.29) is 12.1 Å². The minimum atomic E-state index is -0.111. The molecule has 0 spiro atoms. The average molecular weight is 286 g/mol. The van der Waals surface area contributed by atoms with Crippen molar-refractivity contribution < 1.29 is 4.79 Å². The first-order valence-corrected chi connectivity index (χ1v) is 7.32. The smallest absolute Gasteiger partial charge is 0.315 e. The lowest BCUT2D eigenvalue weighted by Crippen LogP contribution is -2.41. The Labute approximate surface area is 125 Å². The number of nitrogens with zero attached hydrogens (tertiary/aromatic N) is 2. The lowest BCUT2D eigenvalue weighted by Gasteiger charge is -2.12. The van der Waals surface area contributed by atoms with Crippen molar-refractivity contribution in [3.8, 4) is 5.69 Å². The first-order valence-electron chi connectivity index (χ1n) is 7.32. The van der Waals surface area contributed by atoms with Crippen LogP contribution in [0.25, 0.3) is 5.69 Å². The average Bonchev–Trinajstić information content (AvgIpc) is 2.97. The number of para-hydroxylation sites is 1. The monoisotopic (exact) mass is 286 g/mol. The predicted molar refractivity (Wildman–Crippen MR) is 83.6 cm³/mol. The molecule has 2 aromatic rings. The third-order valence-corrected chi connectivity index (χ3v) is 3.35. The molecule has 5 heteroatoms. The maximum Gasteiger partial charge on any atom is 0.315 e. The quantitative estimate of drug-likeness (QED) is 0.857. The number of hydrogen-bond acceptors (Lipinski definition) is 2. The SMILES string of the molecule is CCC(C)NC(=O)NCCc1cnn(-c2ccccc2)c1. The van der Waals surface area contributed by atoms with Crippen LogP contribution < -0.4 is 10.6 Å². The highest BCUT2D eigenvalue weighted by molar-refractivity contribution is 5.74. The van der Waals surface area contributed by atoms with Gasteiger partial charge in [-0.3, -0.25) is 0 Å². The zero-order valence-electron chi connectivity index (χ0n) is 12.5. The largest absolute Gasteiger partial charge is 0.338 e. The van der Waals surface area contributed by atoms with Crippen molar-refractivity contribution in [2.45, 2.75) is 32.7 Å². The minimum Gasteiger partial charge on any atom is -0.338 e. The van der Waals surface area contributed by atoms with Crippen molar-refractivity contribution in [2.75, 3.05) is 6.54 Å². The number of benzene rings is 1. The molecule has 1 aromatic carbocycles. The van der Waals surface area contributed by atoms with E-state index in [1.54, 1.807) is 0 Å². The van der Waals surface area contributed by atoms with Crippen LogP contribution in [0.15, 0.2) is 42.7 Å². The van der Waals surface area contributed by atoms with Gasteiger partial charge >= 0.3 is 6.03 Å². The Balaban J connectivity index is 1.80. The zero-order valence-corrected chi connectivity index (χ0v) is 12.5. The molecule has 0 saturated heterocycles. The number of carbonyl (C=O) groups is 1. The molecule has 1 atom stereocenters. The maximum absolute atomic E-state index is 11.6. The van der Waals surface area contributed by atoms with E-state index in [4.69, 9.17) is 0 Å². The van der Waals surface area contributed by atoms with Gasteiger partial charge in [0.05, 0.1) is 11.9 Å². The lowest BCUT2D eigenvalue weighted by atomic mass is 10.2. The summed E-state index contributed by atoms with van der Waals surface area (Å²) in [7, 11) is 0. The van der Waals surface area contributed by atoms with Gasteiger partial charge in [0.1, 0.15) is 0 Å². The van der Waals surface area contributed by atoms with Crippen LogP contribution in [-0.4, -0.2) is 28.4 Å². The zero-order chi connectivity index (χ0) is 15.1. The standard InChI is InChI=1S/C16H22N4O/c1-3-13(2)19-16(21)17-10-9-14-11-18-20(12-14)15-7-5-4-6-8-15/h4-8,11-13H,3,9-10H2,1-2H3,(H2,17,19,21).